The summed E-state index contributed by atoms with van der Waals surface area (Å²) in [6.07, 6.45) is 1.65. The molecule has 0 fully saturated rings. The summed E-state index contributed by atoms with van der Waals surface area (Å²) in [4.78, 5) is 10.5. The quantitative estimate of drug-likeness (QED) is 0.657. The Morgan fingerprint density at radius 1 is 1.11 bits per heavy atom. The first-order valence-electron chi connectivity index (χ1n) is 6.02. The summed E-state index contributed by atoms with van der Waals surface area (Å²) in [7, 11) is 0. The van der Waals surface area contributed by atoms with Crippen LogP contribution in [0.25, 0.3) is 0 Å². The number of phenolic OH excluding ortho intramolecular Hbond substituents is 1. The summed E-state index contributed by atoms with van der Waals surface area (Å²) in [5, 5.41) is 17.8. The average molecular weight is 254 g/mol. The molecule has 0 saturated heterocycles. The maximum atomic E-state index is 10.5. The summed E-state index contributed by atoms with van der Waals surface area (Å²) < 4.78 is 0. The van der Waals surface area contributed by atoms with Crippen LogP contribution in [0, 0.1) is 0 Å². The van der Waals surface area contributed by atoms with Gasteiger partial charge in [0.25, 0.3) is 0 Å². The Kier molecular flexibility index (Phi) is 4.03. The van der Waals surface area contributed by atoms with Crippen molar-refractivity contribution < 1.29 is 9.90 Å². The third-order valence-electron chi connectivity index (χ3n) is 2.75. The fraction of sp³-hybridized carbons (Fsp3) is 0.133. The molecule has 2 rings (SSSR count). The van der Waals surface area contributed by atoms with Crippen molar-refractivity contribution in [2.75, 3.05) is 0 Å². The van der Waals surface area contributed by atoms with Gasteiger partial charge in [-0.2, -0.15) is 5.11 Å². The molecule has 0 radical (unpaired) electrons. The van der Waals surface area contributed by atoms with Crippen molar-refractivity contribution >= 4 is 17.7 Å². The average Bonchev–Trinajstić information content (AvgIpc) is 2.47. The van der Waals surface area contributed by atoms with E-state index in [1.807, 2.05) is 13.0 Å². The van der Waals surface area contributed by atoms with Crippen molar-refractivity contribution in [3.63, 3.8) is 0 Å². The highest BCUT2D eigenvalue weighted by Gasteiger charge is 2.01. The second-order valence-electron chi connectivity index (χ2n) is 4.09. The smallest absolute Gasteiger partial charge is 0.150 e. The van der Waals surface area contributed by atoms with Crippen LogP contribution < -0.4 is 0 Å². The van der Waals surface area contributed by atoms with E-state index >= 15 is 0 Å². The number of phenols is 1. The lowest BCUT2D eigenvalue weighted by Crippen LogP contribution is -1.78. The van der Waals surface area contributed by atoms with Gasteiger partial charge in [-0.15, -0.1) is 5.11 Å². The third kappa shape index (κ3) is 3.25. The molecule has 0 amide bonds. The van der Waals surface area contributed by atoms with Crippen LogP contribution in [0.5, 0.6) is 5.75 Å². The highest BCUT2D eigenvalue weighted by molar-refractivity contribution is 5.75. The van der Waals surface area contributed by atoms with Gasteiger partial charge in [-0.1, -0.05) is 13.0 Å². The number of carbonyl (C=O) groups excluding carboxylic acids is 1. The van der Waals surface area contributed by atoms with Crippen LogP contribution >= 0.6 is 0 Å². The monoisotopic (exact) mass is 254 g/mol. The third-order valence-corrected chi connectivity index (χ3v) is 2.75. The molecule has 4 heteroatoms. The van der Waals surface area contributed by atoms with E-state index in [0.717, 1.165) is 18.3 Å². The maximum absolute atomic E-state index is 10.5. The van der Waals surface area contributed by atoms with E-state index in [0.29, 0.717) is 16.9 Å². The van der Waals surface area contributed by atoms with Crippen molar-refractivity contribution in [3.8, 4) is 5.75 Å². The number of aromatic hydroxyl groups is 1. The molecule has 2 aromatic rings. The number of carbonyl (C=O) groups is 1. The van der Waals surface area contributed by atoms with Crippen molar-refractivity contribution in [2.45, 2.75) is 13.3 Å². The molecule has 0 aromatic heterocycles. The van der Waals surface area contributed by atoms with E-state index in [1.165, 1.54) is 0 Å². The summed E-state index contributed by atoms with van der Waals surface area (Å²) in [6.45, 7) is 2.03. The first kappa shape index (κ1) is 13.0. The zero-order chi connectivity index (χ0) is 13.7. The normalized spacial score (nSPS) is 10.8. The fourth-order valence-corrected chi connectivity index (χ4v) is 1.60. The fourth-order valence-electron chi connectivity index (χ4n) is 1.60. The molecule has 0 unspecified atom stereocenters. The Labute approximate surface area is 111 Å². The first-order valence-corrected chi connectivity index (χ1v) is 6.02. The maximum Gasteiger partial charge on any atom is 0.150 e. The molecule has 1 N–H and O–H groups in total. The molecular formula is C15H14N2O2. The van der Waals surface area contributed by atoms with Crippen LogP contribution in [-0.2, 0) is 6.42 Å². The molecule has 19 heavy (non-hydrogen) atoms. The predicted octanol–water partition coefficient (Wildman–Crippen LogP) is 4.18. The largest absolute Gasteiger partial charge is 0.506 e. The molecule has 0 aliphatic heterocycles. The van der Waals surface area contributed by atoms with Gasteiger partial charge in [-0.05, 0) is 48.4 Å². The zero-order valence-corrected chi connectivity index (χ0v) is 10.6. The minimum absolute atomic E-state index is 0.102. The van der Waals surface area contributed by atoms with Gasteiger partial charge in [0.1, 0.15) is 17.7 Å². The Hall–Kier alpha value is -2.49. The van der Waals surface area contributed by atoms with Gasteiger partial charge in [0.2, 0.25) is 0 Å². The first-order chi connectivity index (χ1) is 9.22. The number of aldehydes is 1. The molecule has 0 aliphatic rings. The molecule has 0 atom stereocenters. The summed E-state index contributed by atoms with van der Waals surface area (Å²) in [5.74, 6) is 0.102. The Bertz CT molecular complexity index is 604. The number of rotatable bonds is 4. The second-order valence-corrected chi connectivity index (χ2v) is 4.09. The standard InChI is InChI=1S/C15H14N2O2/c1-2-11-5-8-15(19)14(9-11)17-16-13-6-3-12(10-18)4-7-13/h3-10,19H,2H2,1H3/b17-16+. The van der Waals surface area contributed by atoms with Gasteiger partial charge >= 0.3 is 0 Å². The predicted molar refractivity (Wildman–Crippen MR) is 73.5 cm³/mol. The van der Waals surface area contributed by atoms with Crippen LogP contribution in [0.1, 0.15) is 22.8 Å². The number of azo groups is 1. The zero-order valence-electron chi connectivity index (χ0n) is 10.6. The highest BCUT2D eigenvalue weighted by Crippen LogP contribution is 2.29. The lowest BCUT2D eigenvalue weighted by molar-refractivity contribution is 0.112. The summed E-state index contributed by atoms with van der Waals surface area (Å²) >= 11 is 0. The molecule has 0 heterocycles. The topological polar surface area (TPSA) is 62.0 Å². The van der Waals surface area contributed by atoms with E-state index < -0.39 is 0 Å². The molecule has 0 saturated carbocycles. The van der Waals surface area contributed by atoms with E-state index in [-0.39, 0.29) is 5.75 Å². The Morgan fingerprint density at radius 2 is 1.84 bits per heavy atom. The number of hydrogen-bond acceptors (Lipinski definition) is 4. The number of aryl methyl sites for hydroxylation is 1. The number of nitrogens with zero attached hydrogens (tertiary/aromatic N) is 2. The van der Waals surface area contributed by atoms with E-state index in [2.05, 4.69) is 10.2 Å². The molecule has 4 nitrogen and oxygen atoms in total. The summed E-state index contributed by atoms with van der Waals surface area (Å²) in [5.41, 5.74) is 2.75. The Balaban J connectivity index is 2.23. The number of benzene rings is 2. The molecule has 2 aromatic carbocycles. The van der Waals surface area contributed by atoms with Crippen molar-refractivity contribution in [1.29, 1.82) is 0 Å². The van der Waals surface area contributed by atoms with Gasteiger partial charge in [0, 0.05) is 5.56 Å². The second kappa shape index (κ2) is 5.91. The van der Waals surface area contributed by atoms with Crippen molar-refractivity contribution in [1.82, 2.24) is 0 Å². The molecule has 0 aliphatic carbocycles. The van der Waals surface area contributed by atoms with Crippen LogP contribution in [-0.4, -0.2) is 11.4 Å². The van der Waals surface area contributed by atoms with Gasteiger partial charge < -0.3 is 5.11 Å². The summed E-state index contributed by atoms with van der Waals surface area (Å²) in [6, 6.07) is 12.0. The van der Waals surface area contributed by atoms with Crippen LogP contribution in [0.3, 0.4) is 0 Å². The molecule has 96 valence electrons. The lowest BCUT2D eigenvalue weighted by atomic mass is 10.1. The van der Waals surface area contributed by atoms with Crippen LogP contribution in [0.2, 0.25) is 0 Å². The molecule has 0 spiro atoms. The van der Waals surface area contributed by atoms with Crippen molar-refractivity contribution in [2.24, 2.45) is 10.2 Å². The van der Waals surface area contributed by atoms with E-state index in [9.17, 15) is 9.90 Å². The van der Waals surface area contributed by atoms with Gasteiger partial charge in [0.05, 0.1) is 5.69 Å². The van der Waals surface area contributed by atoms with E-state index in [4.69, 9.17) is 0 Å². The lowest BCUT2D eigenvalue weighted by Gasteiger charge is -2.01. The van der Waals surface area contributed by atoms with Crippen molar-refractivity contribution in [3.05, 3.63) is 53.6 Å². The molecule has 0 bridgehead atoms. The van der Waals surface area contributed by atoms with Crippen LogP contribution in [0.4, 0.5) is 11.4 Å². The number of hydrogen-bond donors (Lipinski definition) is 1. The Morgan fingerprint density at radius 3 is 2.47 bits per heavy atom. The van der Waals surface area contributed by atoms with E-state index in [1.54, 1.807) is 36.4 Å². The van der Waals surface area contributed by atoms with Gasteiger partial charge in [-0.25, -0.2) is 0 Å². The SMILES string of the molecule is CCc1ccc(O)c(/N=N/c2ccc(C=O)cc2)c1. The van der Waals surface area contributed by atoms with Gasteiger partial charge in [-0.3, -0.25) is 4.79 Å². The molecular weight excluding hydrogens is 240 g/mol. The van der Waals surface area contributed by atoms with Crippen LogP contribution in [0.15, 0.2) is 52.7 Å². The highest BCUT2D eigenvalue weighted by atomic mass is 16.3. The van der Waals surface area contributed by atoms with Gasteiger partial charge in [0.15, 0.2) is 0 Å². The minimum atomic E-state index is 0.102. The minimum Gasteiger partial charge on any atom is -0.506 e.